The molecule has 28 heavy (non-hydrogen) atoms. The van der Waals surface area contributed by atoms with Gasteiger partial charge < -0.3 is 19.5 Å². The van der Waals surface area contributed by atoms with Crippen LogP contribution in [0.4, 0.5) is 5.69 Å². The van der Waals surface area contributed by atoms with Gasteiger partial charge in [0.2, 0.25) is 0 Å². The highest BCUT2D eigenvalue weighted by atomic mass is 32.1. The van der Waals surface area contributed by atoms with Crippen molar-refractivity contribution in [2.45, 2.75) is 20.5 Å². The molecule has 4 rings (SSSR count). The van der Waals surface area contributed by atoms with E-state index in [0.29, 0.717) is 41.9 Å². The normalized spacial score (nSPS) is 12.5. The minimum absolute atomic E-state index is 0.153. The number of rotatable bonds is 5. The summed E-state index contributed by atoms with van der Waals surface area (Å²) in [5.41, 5.74) is 3.98. The summed E-state index contributed by atoms with van der Waals surface area (Å²) in [6.07, 6.45) is 0. The van der Waals surface area contributed by atoms with Crippen LogP contribution in [0.5, 0.6) is 17.2 Å². The molecule has 0 fully saturated rings. The molecular weight excluding hydrogens is 374 g/mol. The number of fused-ring (bicyclic) bond motifs is 1. The van der Waals surface area contributed by atoms with E-state index in [4.69, 9.17) is 14.2 Å². The topological polar surface area (TPSA) is 56.8 Å². The predicted molar refractivity (Wildman–Crippen MR) is 110 cm³/mol. The van der Waals surface area contributed by atoms with Gasteiger partial charge in [-0.1, -0.05) is 12.1 Å². The average molecular weight is 395 g/mol. The van der Waals surface area contributed by atoms with Gasteiger partial charge in [-0.2, -0.15) is 0 Å². The summed E-state index contributed by atoms with van der Waals surface area (Å²) < 4.78 is 17.0. The van der Waals surface area contributed by atoms with E-state index < -0.39 is 0 Å². The van der Waals surface area contributed by atoms with Crippen LogP contribution in [0, 0.1) is 13.8 Å². The van der Waals surface area contributed by atoms with Crippen LogP contribution in [0.15, 0.2) is 47.8 Å². The molecule has 1 amide bonds. The molecule has 0 saturated heterocycles. The van der Waals surface area contributed by atoms with E-state index in [-0.39, 0.29) is 5.91 Å². The Labute approximate surface area is 167 Å². The van der Waals surface area contributed by atoms with Crippen molar-refractivity contribution in [3.05, 3.63) is 69.4 Å². The Balaban J connectivity index is 1.39. The summed E-state index contributed by atoms with van der Waals surface area (Å²) in [4.78, 5) is 13.2. The zero-order valence-electron chi connectivity index (χ0n) is 15.8. The number of benzene rings is 2. The van der Waals surface area contributed by atoms with Gasteiger partial charge in [0.25, 0.3) is 5.91 Å². The first-order valence-electron chi connectivity index (χ1n) is 9.07. The smallest absolute Gasteiger partial charge is 0.265 e. The molecule has 3 aromatic rings. The first kappa shape index (κ1) is 18.4. The molecule has 1 N–H and O–H groups in total. The Morgan fingerprint density at radius 1 is 1.11 bits per heavy atom. The standard InChI is InChI=1S/C22H21NO4S/c1-14-4-3-5-18(15(14)2)27-12-16-10-21(28-13-16)22(24)23-17-6-7-19-20(11-17)26-9-8-25-19/h3-7,10-11,13H,8-9,12H2,1-2H3,(H,23,24). The summed E-state index contributed by atoms with van der Waals surface area (Å²) in [7, 11) is 0. The number of anilines is 1. The van der Waals surface area contributed by atoms with Crippen LogP contribution in [-0.2, 0) is 6.61 Å². The van der Waals surface area contributed by atoms with Crippen molar-refractivity contribution in [1.29, 1.82) is 0 Å². The fourth-order valence-electron chi connectivity index (χ4n) is 2.93. The molecule has 5 nitrogen and oxygen atoms in total. The minimum atomic E-state index is -0.153. The van der Waals surface area contributed by atoms with E-state index in [0.717, 1.165) is 16.9 Å². The number of ether oxygens (including phenoxy) is 3. The van der Waals surface area contributed by atoms with E-state index in [1.54, 1.807) is 6.07 Å². The monoisotopic (exact) mass is 395 g/mol. The lowest BCUT2D eigenvalue weighted by molar-refractivity contribution is 0.103. The van der Waals surface area contributed by atoms with Gasteiger partial charge in [0.05, 0.1) is 4.88 Å². The zero-order chi connectivity index (χ0) is 19.5. The van der Waals surface area contributed by atoms with Gasteiger partial charge in [-0.25, -0.2) is 0 Å². The largest absolute Gasteiger partial charge is 0.489 e. The summed E-state index contributed by atoms with van der Waals surface area (Å²) in [6, 6.07) is 13.3. The molecule has 0 atom stereocenters. The molecule has 1 aliphatic rings. The molecule has 144 valence electrons. The Hall–Kier alpha value is -2.99. The van der Waals surface area contributed by atoms with Gasteiger partial charge in [-0.3, -0.25) is 4.79 Å². The second-order valence-electron chi connectivity index (χ2n) is 6.62. The fraction of sp³-hybridized carbons (Fsp3) is 0.227. The predicted octanol–water partition coefficient (Wildman–Crippen LogP) is 4.97. The highest BCUT2D eigenvalue weighted by Gasteiger charge is 2.15. The number of hydrogen-bond donors (Lipinski definition) is 1. The lowest BCUT2D eigenvalue weighted by Gasteiger charge is -2.18. The number of carbonyl (C=O) groups is 1. The molecule has 0 spiro atoms. The second-order valence-corrected chi connectivity index (χ2v) is 7.53. The molecule has 2 heterocycles. The number of aryl methyl sites for hydroxylation is 1. The first-order valence-corrected chi connectivity index (χ1v) is 9.95. The van der Waals surface area contributed by atoms with Crippen LogP contribution in [0.2, 0.25) is 0 Å². The Kier molecular flexibility index (Phi) is 5.21. The lowest BCUT2D eigenvalue weighted by Crippen LogP contribution is -2.16. The fourth-order valence-corrected chi connectivity index (χ4v) is 3.72. The number of thiophene rings is 1. The van der Waals surface area contributed by atoms with Crippen LogP contribution in [0.25, 0.3) is 0 Å². The summed E-state index contributed by atoms with van der Waals surface area (Å²) in [6.45, 7) is 5.59. The van der Waals surface area contributed by atoms with E-state index >= 15 is 0 Å². The third-order valence-electron chi connectivity index (χ3n) is 4.63. The van der Waals surface area contributed by atoms with Crippen LogP contribution in [0.3, 0.4) is 0 Å². The summed E-state index contributed by atoms with van der Waals surface area (Å²) in [5, 5.41) is 4.86. The molecule has 0 bridgehead atoms. The molecular formula is C22H21NO4S. The van der Waals surface area contributed by atoms with E-state index in [2.05, 4.69) is 18.3 Å². The molecule has 2 aromatic carbocycles. The zero-order valence-corrected chi connectivity index (χ0v) is 16.6. The highest BCUT2D eigenvalue weighted by Crippen LogP contribution is 2.33. The van der Waals surface area contributed by atoms with Crippen molar-refractivity contribution in [2.24, 2.45) is 0 Å². The van der Waals surface area contributed by atoms with Crippen LogP contribution >= 0.6 is 11.3 Å². The van der Waals surface area contributed by atoms with Crippen LogP contribution in [-0.4, -0.2) is 19.1 Å². The van der Waals surface area contributed by atoms with E-state index in [1.807, 2.05) is 42.6 Å². The van der Waals surface area contributed by atoms with E-state index in [1.165, 1.54) is 16.9 Å². The SMILES string of the molecule is Cc1cccc(OCc2csc(C(=O)Nc3ccc4c(c3)OCCO4)c2)c1C. The summed E-state index contributed by atoms with van der Waals surface area (Å²) in [5.74, 6) is 2.07. The van der Waals surface area contributed by atoms with Gasteiger partial charge in [0.1, 0.15) is 25.6 Å². The molecule has 0 radical (unpaired) electrons. The third kappa shape index (κ3) is 3.97. The number of amides is 1. The van der Waals surface area contributed by atoms with E-state index in [9.17, 15) is 4.79 Å². The first-order chi connectivity index (χ1) is 13.6. The van der Waals surface area contributed by atoms with Crippen molar-refractivity contribution in [1.82, 2.24) is 0 Å². The van der Waals surface area contributed by atoms with Gasteiger partial charge in [0.15, 0.2) is 11.5 Å². The Bertz CT molecular complexity index is 1010. The molecule has 6 heteroatoms. The highest BCUT2D eigenvalue weighted by molar-refractivity contribution is 7.12. The number of carbonyl (C=O) groups excluding carboxylic acids is 1. The van der Waals surface area contributed by atoms with Crippen molar-refractivity contribution in [3.63, 3.8) is 0 Å². The Morgan fingerprint density at radius 2 is 1.93 bits per heavy atom. The van der Waals surface area contributed by atoms with Gasteiger partial charge in [-0.15, -0.1) is 11.3 Å². The van der Waals surface area contributed by atoms with Crippen molar-refractivity contribution in [3.8, 4) is 17.2 Å². The molecule has 0 saturated carbocycles. The summed E-state index contributed by atoms with van der Waals surface area (Å²) >= 11 is 1.40. The van der Waals surface area contributed by atoms with Gasteiger partial charge in [-0.05, 0) is 54.6 Å². The van der Waals surface area contributed by atoms with Crippen molar-refractivity contribution >= 4 is 22.9 Å². The maximum atomic E-state index is 12.6. The maximum Gasteiger partial charge on any atom is 0.265 e. The molecule has 1 aromatic heterocycles. The van der Waals surface area contributed by atoms with Crippen LogP contribution in [0.1, 0.15) is 26.4 Å². The molecule has 1 aliphatic heterocycles. The Morgan fingerprint density at radius 3 is 2.79 bits per heavy atom. The molecule has 0 unspecified atom stereocenters. The molecule has 0 aliphatic carbocycles. The average Bonchev–Trinajstić information content (AvgIpc) is 3.18. The van der Waals surface area contributed by atoms with Crippen molar-refractivity contribution in [2.75, 3.05) is 18.5 Å². The number of hydrogen-bond acceptors (Lipinski definition) is 5. The van der Waals surface area contributed by atoms with Crippen molar-refractivity contribution < 1.29 is 19.0 Å². The minimum Gasteiger partial charge on any atom is -0.489 e. The third-order valence-corrected chi connectivity index (χ3v) is 5.60. The van der Waals surface area contributed by atoms with Gasteiger partial charge in [0, 0.05) is 17.3 Å². The number of nitrogens with one attached hydrogen (secondary N) is 1. The second kappa shape index (κ2) is 7.94. The maximum absolute atomic E-state index is 12.6. The lowest BCUT2D eigenvalue weighted by atomic mass is 10.1. The van der Waals surface area contributed by atoms with Crippen LogP contribution < -0.4 is 19.5 Å². The quantitative estimate of drug-likeness (QED) is 0.663. The van der Waals surface area contributed by atoms with Gasteiger partial charge >= 0.3 is 0 Å².